The van der Waals surface area contributed by atoms with Gasteiger partial charge in [0, 0.05) is 34.9 Å². The van der Waals surface area contributed by atoms with Crippen molar-refractivity contribution in [3.8, 4) is 0 Å². The number of aromatic nitrogens is 1. The Morgan fingerprint density at radius 3 is 2.76 bits per heavy atom. The van der Waals surface area contributed by atoms with E-state index in [1.54, 1.807) is 6.07 Å². The molecule has 0 radical (unpaired) electrons. The zero-order chi connectivity index (χ0) is 12.4. The van der Waals surface area contributed by atoms with Crippen LogP contribution in [0.5, 0.6) is 0 Å². The molecular formula is C12H13Cl2N3. The summed E-state index contributed by atoms with van der Waals surface area (Å²) in [5.41, 5.74) is 8.14. The predicted molar refractivity (Wildman–Crippen MR) is 74.0 cm³/mol. The molecule has 0 saturated carbocycles. The summed E-state index contributed by atoms with van der Waals surface area (Å²) in [5, 5.41) is 5.32. The monoisotopic (exact) mass is 269 g/mol. The van der Waals surface area contributed by atoms with Crippen LogP contribution in [-0.4, -0.2) is 18.1 Å². The maximum atomic E-state index is 6.20. The quantitative estimate of drug-likeness (QED) is 0.900. The number of hydrogen-bond acceptors (Lipinski definition) is 3. The van der Waals surface area contributed by atoms with Crippen LogP contribution in [0, 0.1) is 6.92 Å². The van der Waals surface area contributed by atoms with Crippen LogP contribution in [0.25, 0.3) is 10.9 Å². The first-order valence-corrected chi connectivity index (χ1v) is 6.07. The number of fused-ring (bicyclic) bond motifs is 1. The molecule has 3 nitrogen and oxygen atoms in total. The molecule has 90 valence electrons. The summed E-state index contributed by atoms with van der Waals surface area (Å²) in [5.74, 6) is 0. The van der Waals surface area contributed by atoms with Gasteiger partial charge >= 0.3 is 0 Å². The summed E-state index contributed by atoms with van der Waals surface area (Å²) in [6.45, 7) is 3.19. The van der Waals surface area contributed by atoms with Gasteiger partial charge in [0.1, 0.15) is 0 Å². The van der Waals surface area contributed by atoms with Gasteiger partial charge in [-0.05, 0) is 25.1 Å². The van der Waals surface area contributed by atoms with Crippen molar-refractivity contribution < 1.29 is 0 Å². The van der Waals surface area contributed by atoms with Gasteiger partial charge in [-0.25, -0.2) is 0 Å². The second-order valence-corrected chi connectivity index (χ2v) is 4.65. The minimum absolute atomic E-state index is 0.564. The Morgan fingerprint density at radius 2 is 2.06 bits per heavy atom. The summed E-state index contributed by atoms with van der Waals surface area (Å²) in [7, 11) is 0. The molecule has 2 rings (SSSR count). The average molecular weight is 270 g/mol. The second kappa shape index (κ2) is 5.08. The maximum Gasteiger partial charge on any atom is 0.0755 e. The van der Waals surface area contributed by atoms with Gasteiger partial charge in [-0.15, -0.1) is 0 Å². The van der Waals surface area contributed by atoms with Gasteiger partial charge in [0.15, 0.2) is 0 Å². The van der Waals surface area contributed by atoms with Crippen molar-refractivity contribution >= 4 is 39.8 Å². The largest absolute Gasteiger partial charge is 0.383 e. The second-order valence-electron chi connectivity index (χ2n) is 3.81. The van der Waals surface area contributed by atoms with Crippen molar-refractivity contribution in [2.75, 3.05) is 18.4 Å². The van der Waals surface area contributed by atoms with Crippen LogP contribution < -0.4 is 11.1 Å². The zero-order valence-corrected chi connectivity index (χ0v) is 10.9. The van der Waals surface area contributed by atoms with E-state index in [9.17, 15) is 0 Å². The molecule has 0 spiro atoms. The van der Waals surface area contributed by atoms with Gasteiger partial charge < -0.3 is 11.1 Å². The molecular weight excluding hydrogens is 257 g/mol. The van der Waals surface area contributed by atoms with Crippen LogP contribution >= 0.6 is 23.2 Å². The SMILES string of the molecule is Cc1cc(NCCN)c2c(Cl)cc(Cl)cc2n1. The Hall–Kier alpha value is -1.03. The number of halogens is 2. The standard InChI is InChI=1S/C12H13Cl2N3/c1-7-4-10(16-3-2-15)12-9(14)5-8(13)6-11(12)17-7/h4-6H,2-3,15H2,1H3,(H,16,17). The van der Waals surface area contributed by atoms with Crippen molar-refractivity contribution in [1.29, 1.82) is 0 Å². The van der Waals surface area contributed by atoms with Crippen LogP contribution in [0.1, 0.15) is 5.69 Å². The van der Waals surface area contributed by atoms with Crippen molar-refractivity contribution in [1.82, 2.24) is 4.98 Å². The Labute approximate surface area is 110 Å². The first kappa shape index (κ1) is 12.4. The molecule has 17 heavy (non-hydrogen) atoms. The van der Waals surface area contributed by atoms with Crippen LogP contribution in [-0.2, 0) is 0 Å². The third kappa shape index (κ3) is 2.63. The molecule has 0 bridgehead atoms. The molecule has 0 unspecified atom stereocenters. The van der Waals surface area contributed by atoms with Crippen molar-refractivity contribution in [2.24, 2.45) is 5.73 Å². The van der Waals surface area contributed by atoms with Crippen molar-refractivity contribution in [3.05, 3.63) is 33.9 Å². The number of anilines is 1. The van der Waals surface area contributed by atoms with E-state index in [1.807, 2.05) is 19.1 Å². The Kier molecular flexibility index (Phi) is 3.72. The minimum Gasteiger partial charge on any atom is -0.383 e. The normalized spacial score (nSPS) is 10.8. The summed E-state index contributed by atoms with van der Waals surface area (Å²) in [4.78, 5) is 4.43. The van der Waals surface area contributed by atoms with E-state index in [0.717, 1.165) is 22.3 Å². The highest BCUT2D eigenvalue weighted by molar-refractivity contribution is 6.39. The van der Waals surface area contributed by atoms with Gasteiger partial charge in [0.25, 0.3) is 0 Å². The Bertz CT molecular complexity index is 550. The number of nitrogens with zero attached hydrogens (tertiary/aromatic N) is 1. The molecule has 0 amide bonds. The van der Waals surface area contributed by atoms with Crippen molar-refractivity contribution in [2.45, 2.75) is 6.92 Å². The van der Waals surface area contributed by atoms with Gasteiger partial charge in [-0.1, -0.05) is 23.2 Å². The molecule has 0 fully saturated rings. The fraction of sp³-hybridized carbons (Fsp3) is 0.250. The fourth-order valence-corrected chi connectivity index (χ4v) is 2.35. The summed E-state index contributed by atoms with van der Waals surface area (Å²) < 4.78 is 0. The molecule has 2 aromatic rings. The van der Waals surface area contributed by atoms with E-state index in [2.05, 4.69) is 10.3 Å². The third-order valence-corrected chi connectivity index (χ3v) is 2.93. The fourth-order valence-electron chi connectivity index (χ4n) is 1.76. The van der Waals surface area contributed by atoms with E-state index in [-0.39, 0.29) is 0 Å². The summed E-state index contributed by atoms with van der Waals surface area (Å²) in [6.07, 6.45) is 0. The van der Waals surface area contributed by atoms with Crippen LogP contribution in [0.4, 0.5) is 5.69 Å². The lowest BCUT2D eigenvalue weighted by atomic mass is 10.1. The highest BCUT2D eigenvalue weighted by atomic mass is 35.5. The molecule has 3 N–H and O–H groups in total. The number of nitrogens with two attached hydrogens (primary N) is 1. The van der Waals surface area contributed by atoms with E-state index in [4.69, 9.17) is 28.9 Å². The number of rotatable bonds is 3. The Balaban J connectivity index is 2.65. The third-order valence-electron chi connectivity index (χ3n) is 2.41. The number of hydrogen-bond donors (Lipinski definition) is 2. The topological polar surface area (TPSA) is 50.9 Å². The van der Waals surface area contributed by atoms with Gasteiger partial charge in [0.2, 0.25) is 0 Å². The van der Waals surface area contributed by atoms with Crippen LogP contribution in [0.3, 0.4) is 0 Å². The molecule has 0 atom stereocenters. The molecule has 1 aromatic carbocycles. The first-order valence-electron chi connectivity index (χ1n) is 5.32. The lowest BCUT2D eigenvalue weighted by Gasteiger charge is -2.11. The highest BCUT2D eigenvalue weighted by Crippen LogP contribution is 2.32. The van der Waals surface area contributed by atoms with Gasteiger partial charge in [-0.3, -0.25) is 4.98 Å². The molecule has 0 aliphatic rings. The number of aryl methyl sites for hydroxylation is 1. The van der Waals surface area contributed by atoms with Gasteiger partial charge in [-0.2, -0.15) is 0 Å². The summed E-state index contributed by atoms with van der Waals surface area (Å²) >= 11 is 12.2. The number of pyridine rings is 1. The molecule has 1 heterocycles. The van der Waals surface area contributed by atoms with E-state index in [1.165, 1.54) is 0 Å². The molecule has 5 heteroatoms. The van der Waals surface area contributed by atoms with Crippen molar-refractivity contribution in [3.63, 3.8) is 0 Å². The van der Waals surface area contributed by atoms with Gasteiger partial charge in [0.05, 0.1) is 10.5 Å². The zero-order valence-electron chi connectivity index (χ0n) is 9.43. The summed E-state index contributed by atoms with van der Waals surface area (Å²) in [6, 6.07) is 5.48. The maximum absolute atomic E-state index is 6.20. The van der Waals surface area contributed by atoms with E-state index < -0.39 is 0 Å². The lowest BCUT2D eigenvalue weighted by molar-refractivity contribution is 1.02. The molecule has 0 aliphatic heterocycles. The molecule has 0 aliphatic carbocycles. The highest BCUT2D eigenvalue weighted by Gasteiger charge is 2.08. The average Bonchev–Trinajstić information content (AvgIpc) is 2.24. The number of benzene rings is 1. The number of nitrogens with one attached hydrogen (secondary N) is 1. The first-order chi connectivity index (χ1) is 8.11. The minimum atomic E-state index is 0.564. The van der Waals surface area contributed by atoms with E-state index >= 15 is 0 Å². The van der Waals surface area contributed by atoms with Crippen LogP contribution in [0.15, 0.2) is 18.2 Å². The van der Waals surface area contributed by atoms with Crippen LogP contribution in [0.2, 0.25) is 10.0 Å². The Morgan fingerprint density at radius 1 is 1.29 bits per heavy atom. The lowest BCUT2D eigenvalue weighted by Crippen LogP contribution is -2.13. The van der Waals surface area contributed by atoms with E-state index in [0.29, 0.717) is 23.1 Å². The molecule has 0 saturated heterocycles. The predicted octanol–water partition coefficient (Wildman–Crippen LogP) is 3.22. The smallest absolute Gasteiger partial charge is 0.0755 e. The molecule has 1 aromatic heterocycles.